The number of aliphatic carboxylic acids is 1. The summed E-state index contributed by atoms with van der Waals surface area (Å²) in [6, 6.07) is 5.64. The summed E-state index contributed by atoms with van der Waals surface area (Å²) < 4.78 is 10.7. The molecule has 2 aromatic rings. The fraction of sp³-hybridized carbons (Fsp3) is 0.286. The first-order valence-electron chi connectivity index (χ1n) is 6.12. The van der Waals surface area contributed by atoms with Crippen molar-refractivity contribution in [1.82, 2.24) is 5.16 Å². The van der Waals surface area contributed by atoms with Gasteiger partial charge < -0.3 is 20.1 Å². The fourth-order valence-electron chi connectivity index (χ4n) is 1.78. The van der Waals surface area contributed by atoms with E-state index in [0.29, 0.717) is 17.9 Å². The number of carbonyl (C=O) groups is 1. The molecule has 1 atom stereocenters. The number of hydrogen-bond donors (Lipinski definition) is 2. The van der Waals surface area contributed by atoms with Crippen LogP contribution in [-0.2, 0) is 11.4 Å². The zero-order chi connectivity index (χ0) is 14.7. The molecule has 106 valence electrons. The molecule has 0 saturated heterocycles. The summed E-state index contributed by atoms with van der Waals surface area (Å²) in [6.07, 6.45) is 0. The monoisotopic (exact) mass is 276 g/mol. The molecule has 0 bridgehead atoms. The van der Waals surface area contributed by atoms with Crippen molar-refractivity contribution >= 4 is 5.97 Å². The zero-order valence-corrected chi connectivity index (χ0v) is 11.3. The lowest BCUT2D eigenvalue weighted by molar-refractivity contribution is -0.138. The molecule has 0 aliphatic heterocycles. The van der Waals surface area contributed by atoms with E-state index in [1.165, 1.54) is 0 Å². The van der Waals surface area contributed by atoms with E-state index in [-0.39, 0.29) is 0 Å². The minimum absolute atomic E-state index is 0.353. The van der Waals surface area contributed by atoms with Gasteiger partial charge in [0.1, 0.15) is 24.2 Å². The standard InChI is InChI=1S/C14H16N2O4/c1-8-12(9(2)20-16-8)7-19-11-5-3-10(4-6-11)13(15)14(17)18/h3-6,13H,7,15H2,1-2H3,(H,17,18)/t13-/m0/s1. The lowest BCUT2D eigenvalue weighted by Crippen LogP contribution is -2.20. The molecule has 0 fully saturated rings. The van der Waals surface area contributed by atoms with Crippen molar-refractivity contribution < 1.29 is 19.2 Å². The van der Waals surface area contributed by atoms with E-state index in [2.05, 4.69) is 5.16 Å². The third-order valence-corrected chi connectivity index (χ3v) is 3.07. The van der Waals surface area contributed by atoms with Gasteiger partial charge in [-0.05, 0) is 31.5 Å². The van der Waals surface area contributed by atoms with E-state index >= 15 is 0 Å². The number of carboxylic acid groups (broad SMARTS) is 1. The van der Waals surface area contributed by atoms with Crippen molar-refractivity contribution in [2.24, 2.45) is 5.73 Å². The van der Waals surface area contributed by atoms with Crippen molar-refractivity contribution in [3.63, 3.8) is 0 Å². The highest BCUT2D eigenvalue weighted by molar-refractivity contribution is 5.75. The molecule has 2 rings (SSSR count). The maximum atomic E-state index is 10.8. The number of aromatic nitrogens is 1. The Kier molecular flexibility index (Phi) is 4.05. The van der Waals surface area contributed by atoms with E-state index in [1.54, 1.807) is 24.3 Å². The molecule has 0 unspecified atom stereocenters. The lowest BCUT2D eigenvalue weighted by Gasteiger charge is -2.09. The highest BCUT2D eigenvalue weighted by atomic mass is 16.5. The fourth-order valence-corrected chi connectivity index (χ4v) is 1.78. The third-order valence-electron chi connectivity index (χ3n) is 3.07. The normalized spacial score (nSPS) is 12.2. The first kappa shape index (κ1) is 14.1. The van der Waals surface area contributed by atoms with Crippen molar-refractivity contribution in [2.45, 2.75) is 26.5 Å². The maximum Gasteiger partial charge on any atom is 0.325 e. The first-order valence-corrected chi connectivity index (χ1v) is 6.12. The minimum atomic E-state index is -1.06. The Morgan fingerprint density at radius 1 is 1.40 bits per heavy atom. The molecule has 0 aliphatic rings. The topological polar surface area (TPSA) is 98.6 Å². The molecule has 0 saturated carbocycles. The second-order valence-corrected chi connectivity index (χ2v) is 4.48. The second kappa shape index (κ2) is 5.75. The average Bonchev–Trinajstić information content (AvgIpc) is 2.75. The number of carboxylic acids is 1. The molecular weight excluding hydrogens is 260 g/mol. The molecule has 0 radical (unpaired) electrons. The van der Waals surface area contributed by atoms with Crippen LogP contribution in [0.2, 0.25) is 0 Å². The van der Waals surface area contributed by atoms with Gasteiger partial charge in [0.15, 0.2) is 0 Å². The second-order valence-electron chi connectivity index (χ2n) is 4.48. The quantitative estimate of drug-likeness (QED) is 0.866. The largest absolute Gasteiger partial charge is 0.489 e. The molecule has 1 aromatic carbocycles. The number of hydrogen-bond acceptors (Lipinski definition) is 5. The summed E-state index contributed by atoms with van der Waals surface area (Å²) in [5.74, 6) is 0.299. The Morgan fingerprint density at radius 2 is 2.05 bits per heavy atom. The smallest absolute Gasteiger partial charge is 0.325 e. The third kappa shape index (κ3) is 2.97. The lowest BCUT2D eigenvalue weighted by atomic mass is 10.1. The van der Waals surface area contributed by atoms with Gasteiger partial charge in [-0.25, -0.2) is 0 Å². The number of benzene rings is 1. The summed E-state index contributed by atoms with van der Waals surface area (Å²) in [4.78, 5) is 10.8. The number of rotatable bonds is 5. The van der Waals surface area contributed by atoms with Gasteiger partial charge in [-0.3, -0.25) is 4.79 Å². The Morgan fingerprint density at radius 3 is 2.55 bits per heavy atom. The summed E-state index contributed by atoms with van der Waals surface area (Å²) in [7, 11) is 0. The van der Waals surface area contributed by atoms with E-state index in [0.717, 1.165) is 17.0 Å². The number of ether oxygens (including phenoxy) is 1. The van der Waals surface area contributed by atoms with Gasteiger partial charge in [0.05, 0.1) is 11.3 Å². The Hall–Kier alpha value is -2.34. The van der Waals surface area contributed by atoms with E-state index in [1.807, 2.05) is 13.8 Å². The van der Waals surface area contributed by atoms with Gasteiger partial charge in [-0.15, -0.1) is 0 Å². The van der Waals surface area contributed by atoms with Crippen molar-refractivity contribution in [3.8, 4) is 5.75 Å². The molecule has 1 aromatic heterocycles. The number of aryl methyl sites for hydroxylation is 2. The zero-order valence-electron chi connectivity index (χ0n) is 11.3. The van der Waals surface area contributed by atoms with Gasteiger partial charge in [0.2, 0.25) is 0 Å². The SMILES string of the molecule is Cc1noc(C)c1COc1ccc([C@H](N)C(=O)O)cc1. The molecule has 0 aliphatic carbocycles. The maximum absolute atomic E-state index is 10.8. The number of nitrogens with two attached hydrogens (primary N) is 1. The summed E-state index contributed by atoms with van der Waals surface area (Å²) in [6.45, 7) is 4.03. The summed E-state index contributed by atoms with van der Waals surface area (Å²) in [5, 5.41) is 12.7. The van der Waals surface area contributed by atoms with Crippen LogP contribution in [0.1, 0.15) is 28.6 Å². The Bertz CT molecular complexity index is 585. The summed E-state index contributed by atoms with van der Waals surface area (Å²) in [5.41, 5.74) is 7.76. The van der Waals surface area contributed by atoms with Gasteiger partial charge in [0, 0.05) is 0 Å². The minimum Gasteiger partial charge on any atom is -0.489 e. The molecular formula is C14H16N2O4. The molecule has 6 heteroatoms. The molecule has 6 nitrogen and oxygen atoms in total. The van der Waals surface area contributed by atoms with Crippen molar-refractivity contribution in [3.05, 3.63) is 46.8 Å². The van der Waals surface area contributed by atoms with Crippen LogP contribution in [0.25, 0.3) is 0 Å². The van der Waals surface area contributed by atoms with Crippen LogP contribution >= 0.6 is 0 Å². The Balaban J connectivity index is 2.03. The molecule has 1 heterocycles. The molecule has 0 spiro atoms. The van der Waals surface area contributed by atoms with Crippen LogP contribution in [0.15, 0.2) is 28.8 Å². The first-order chi connectivity index (χ1) is 9.49. The molecule has 3 N–H and O–H groups in total. The predicted octanol–water partition coefficient (Wildman–Crippen LogP) is 1.95. The van der Waals surface area contributed by atoms with Crippen LogP contribution < -0.4 is 10.5 Å². The van der Waals surface area contributed by atoms with Crippen molar-refractivity contribution in [1.29, 1.82) is 0 Å². The van der Waals surface area contributed by atoms with Crippen molar-refractivity contribution in [2.75, 3.05) is 0 Å². The highest BCUT2D eigenvalue weighted by Crippen LogP contribution is 2.19. The Labute approximate surface area is 116 Å². The van der Waals surface area contributed by atoms with E-state index in [9.17, 15) is 4.79 Å². The average molecular weight is 276 g/mol. The van der Waals surface area contributed by atoms with Gasteiger partial charge in [0.25, 0.3) is 0 Å². The predicted molar refractivity (Wildman–Crippen MR) is 71.3 cm³/mol. The van der Waals surface area contributed by atoms with Gasteiger partial charge in [-0.2, -0.15) is 0 Å². The number of nitrogens with zero attached hydrogens (tertiary/aromatic N) is 1. The van der Waals surface area contributed by atoms with E-state index in [4.69, 9.17) is 20.1 Å². The molecule has 0 amide bonds. The highest BCUT2D eigenvalue weighted by Gasteiger charge is 2.14. The van der Waals surface area contributed by atoms with Gasteiger partial charge in [-0.1, -0.05) is 17.3 Å². The van der Waals surface area contributed by atoms with Crippen LogP contribution in [-0.4, -0.2) is 16.2 Å². The van der Waals surface area contributed by atoms with Crippen LogP contribution in [0.5, 0.6) is 5.75 Å². The summed E-state index contributed by atoms with van der Waals surface area (Å²) >= 11 is 0. The molecule has 20 heavy (non-hydrogen) atoms. The van der Waals surface area contributed by atoms with Gasteiger partial charge >= 0.3 is 5.97 Å². The van der Waals surface area contributed by atoms with E-state index < -0.39 is 12.0 Å². The van der Waals surface area contributed by atoms with Crippen LogP contribution in [0.3, 0.4) is 0 Å². The van der Waals surface area contributed by atoms with Crippen LogP contribution in [0.4, 0.5) is 0 Å². The van der Waals surface area contributed by atoms with Crippen LogP contribution in [0, 0.1) is 13.8 Å².